The maximum absolute atomic E-state index is 13.0. The van der Waals surface area contributed by atoms with Crippen LogP contribution in [-0.2, 0) is 28.9 Å². The van der Waals surface area contributed by atoms with Crippen molar-refractivity contribution in [2.45, 2.75) is 262 Å². The number of amides is 1. The molecular formula is C46H89NO11S. The van der Waals surface area contributed by atoms with E-state index in [9.17, 15) is 38.2 Å². The Hall–Kier alpha value is -1.16. The zero-order valence-electron chi connectivity index (χ0n) is 37.3. The molecule has 0 aromatic carbocycles. The van der Waals surface area contributed by atoms with Crippen LogP contribution < -0.4 is 5.32 Å². The van der Waals surface area contributed by atoms with Gasteiger partial charge in [-0.1, -0.05) is 206 Å². The highest BCUT2D eigenvalue weighted by Crippen LogP contribution is 2.26. The summed E-state index contributed by atoms with van der Waals surface area (Å²) in [4.78, 5) is 13.0. The molecule has 0 spiro atoms. The molecule has 1 aliphatic heterocycles. The van der Waals surface area contributed by atoms with Gasteiger partial charge in [0.15, 0.2) is 6.29 Å². The van der Waals surface area contributed by atoms with Crippen LogP contribution in [0.25, 0.3) is 0 Å². The first-order valence-corrected chi connectivity index (χ1v) is 25.4. The van der Waals surface area contributed by atoms with Gasteiger partial charge in [0.1, 0.15) is 24.4 Å². The highest BCUT2D eigenvalue weighted by molar-refractivity contribution is 7.80. The fraction of sp³-hybridized carbons (Fsp3) is 0.935. The number of carbonyl (C=O) groups excluding carboxylic acids is 1. The van der Waals surface area contributed by atoms with Crippen LogP contribution in [0.4, 0.5) is 0 Å². The van der Waals surface area contributed by atoms with Gasteiger partial charge in [-0.25, -0.2) is 4.18 Å². The molecule has 0 bridgehead atoms. The van der Waals surface area contributed by atoms with Crippen LogP contribution in [0, 0.1) is 0 Å². The minimum atomic E-state index is -5.08. The number of aliphatic hydroxyl groups excluding tert-OH is 4. The molecule has 350 valence electrons. The molecule has 0 aromatic rings. The first-order chi connectivity index (χ1) is 28.5. The van der Waals surface area contributed by atoms with Crippen molar-refractivity contribution in [3.8, 4) is 0 Å². The minimum absolute atomic E-state index is 0.260. The van der Waals surface area contributed by atoms with Crippen LogP contribution in [0.3, 0.4) is 0 Å². The van der Waals surface area contributed by atoms with Crippen LogP contribution in [0.5, 0.6) is 0 Å². The van der Waals surface area contributed by atoms with Crippen molar-refractivity contribution in [1.82, 2.24) is 5.32 Å². The molecule has 7 atom stereocenters. The Bertz CT molecular complexity index is 1110. The second-order valence-electron chi connectivity index (χ2n) is 17.1. The molecule has 1 saturated heterocycles. The largest absolute Gasteiger partial charge is 0.397 e. The zero-order chi connectivity index (χ0) is 43.4. The van der Waals surface area contributed by atoms with Crippen LogP contribution in [0.1, 0.15) is 219 Å². The van der Waals surface area contributed by atoms with Crippen molar-refractivity contribution >= 4 is 16.3 Å². The summed E-state index contributed by atoms with van der Waals surface area (Å²) in [5.74, 6) is -0.260. The standard InChI is InChI=1S/C46H89NO11S/c1-3-5-7-9-11-13-15-17-19-21-23-25-27-29-31-33-35-40(49)39(38-56-46-44(52)45(58-59(53,54)55)43(51)41(37-48)57-46)47-42(50)36-34-32-30-28-26-24-22-20-18-16-14-12-10-8-6-4-2/h33,35,39-41,43-46,48-49,51-52H,3-32,34,36-38H2,1-2H3,(H,47,50)(H,53,54,55)/b35-33+. The third-order valence-corrected chi connectivity index (χ3v) is 12.0. The molecule has 1 rings (SSSR count). The number of rotatable bonds is 41. The molecule has 6 N–H and O–H groups in total. The smallest absolute Gasteiger partial charge is 0.394 e. The fourth-order valence-corrected chi connectivity index (χ4v) is 8.32. The summed E-state index contributed by atoms with van der Waals surface area (Å²) in [6.45, 7) is 3.40. The highest BCUT2D eigenvalue weighted by atomic mass is 32.3. The number of ether oxygens (including phenoxy) is 2. The first kappa shape index (κ1) is 55.9. The lowest BCUT2D eigenvalue weighted by atomic mass is 9.99. The van der Waals surface area contributed by atoms with E-state index in [1.54, 1.807) is 6.08 Å². The summed E-state index contributed by atoms with van der Waals surface area (Å²) < 4.78 is 47.6. The highest BCUT2D eigenvalue weighted by Gasteiger charge is 2.48. The Morgan fingerprint density at radius 3 is 1.47 bits per heavy atom. The molecule has 0 radical (unpaired) electrons. The van der Waals surface area contributed by atoms with Gasteiger partial charge in [0.25, 0.3) is 0 Å². The van der Waals surface area contributed by atoms with E-state index < -0.39 is 59.9 Å². The summed E-state index contributed by atoms with van der Waals surface area (Å²) in [7, 11) is -5.08. The summed E-state index contributed by atoms with van der Waals surface area (Å²) >= 11 is 0. The quantitative estimate of drug-likeness (QED) is 0.0195. The third-order valence-electron chi connectivity index (χ3n) is 11.6. The van der Waals surface area contributed by atoms with Gasteiger partial charge < -0.3 is 35.2 Å². The van der Waals surface area contributed by atoms with Crippen molar-refractivity contribution in [3.05, 3.63) is 12.2 Å². The lowest BCUT2D eigenvalue weighted by Crippen LogP contribution is -2.61. The van der Waals surface area contributed by atoms with E-state index in [1.807, 2.05) is 6.08 Å². The van der Waals surface area contributed by atoms with E-state index in [0.29, 0.717) is 6.42 Å². The lowest BCUT2D eigenvalue weighted by Gasteiger charge is -2.41. The Morgan fingerprint density at radius 1 is 0.661 bits per heavy atom. The number of nitrogens with one attached hydrogen (secondary N) is 1. The summed E-state index contributed by atoms with van der Waals surface area (Å²) in [5, 5.41) is 44.7. The number of hydrogen-bond donors (Lipinski definition) is 6. The lowest BCUT2D eigenvalue weighted by molar-refractivity contribution is -0.298. The molecular weight excluding hydrogens is 775 g/mol. The van der Waals surface area contributed by atoms with Gasteiger partial charge in [0.2, 0.25) is 5.91 Å². The average molecular weight is 864 g/mol. The van der Waals surface area contributed by atoms with E-state index >= 15 is 0 Å². The van der Waals surface area contributed by atoms with Crippen LogP contribution >= 0.6 is 0 Å². The van der Waals surface area contributed by atoms with E-state index in [2.05, 4.69) is 23.3 Å². The van der Waals surface area contributed by atoms with Gasteiger partial charge in [-0.3, -0.25) is 9.35 Å². The normalized spacial score (nSPS) is 21.0. The van der Waals surface area contributed by atoms with Crippen molar-refractivity contribution in [1.29, 1.82) is 0 Å². The summed E-state index contributed by atoms with van der Waals surface area (Å²) in [6, 6.07) is -0.938. The van der Waals surface area contributed by atoms with Gasteiger partial charge in [0, 0.05) is 6.42 Å². The van der Waals surface area contributed by atoms with Crippen molar-refractivity contribution in [2.75, 3.05) is 13.2 Å². The van der Waals surface area contributed by atoms with Gasteiger partial charge in [-0.15, -0.1) is 0 Å². The van der Waals surface area contributed by atoms with Gasteiger partial charge in [0.05, 0.1) is 25.4 Å². The number of aliphatic hydroxyl groups is 4. The van der Waals surface area contributed by atoms with E-state index in [0.717, 1.165) is 38.5 Å². The Balaban J connectivity index is 2.50. The third kappa shape index (κ3) is 30.5. The molecule has 1 amide bonds. The molecule has 0 saturated carbocycles. The number of carbonyl (C=O) groups is 1. The SMILES string of the molecule is CCCCCCCCCCCCCCCC/C=C/C(O)C(COC1OC(CO)C(O)C(OS(=O)(=O)O)C1O)NC(=O)CCCCCCCCCCCCCCCCCC. The number of hydrogen-bond acceptors (Lipinski definition) is 10. The van der Waals surface area contributed by atoms with Crippen molar-refractivity contribution in [2.24, 2.45) is 0 Å². The van der Waals surface area contributed by atoms with E-state index in [-0.39, 0.29) is 18.9 Å². The Labute approximate surface area is 360 Å². The molecule has 12 nitrogen and oxygen atoms in total. The fourth-order valence-electron chi connectivity index (χ4n) is 7.81. The molecule has 0 aromatic heterocycles. The second-order valence-corrected chi connectivity index (χ2v) is 18.1. The van der Waals surface area contributed by atoms with Crippen LogP contribution in [-0.4, -0.2) is 95.4 Å². The molecule has 13 heteroatoms. The number of allylic oxidation sites excluding steroid dienone is 1. The molecule has 1 heterocycles. The predicted molar refractivity (Wildman–Crippen MR) is 236 cm³/mol. The topological polar surface area (TPSA) is 192 Å². The minimum Gasteiger partial charge on any atom is -0.394 e. The Kier molecular flexibility index (Phi) is 35.4. The first-order valence-electron chi connectivity index (χ1n) is 24.1. The molecule has 1 fully saturated rings. The van der Waals surface area contributed by atoms with E-state index in [4.69, 9.17) is 9.47 Å². The second kappa shape index (κ2) is 37.4. The van der Waals surface area contributed by atoms with Crippen LogP contribution in [0.15, 0.2) is 12.2 Å². The monoisotopic (exact) mass is 864 g/mol. The molecule has 0 aliphatic carbocycles. The molecule has 1 aliphatic rings. The van der Waals surface area contributed by atoms with Gasteiger partial charge in [-0.2, -0.15) is 8.42 Å². The number of unbranched alkanes of at least 4 members (excludes halogenated alkanes) is 29. The maximum atomic E-state index is 13.0. The summed E-state index contributed by atoms with van der Waals surface area (Å²) in [6.07, 6.45) is 32.4. The summed E-state index contributed by atoms with van der Waals surface area (Å²) in [5.41, 5.74) is 0. The molecule has 59 heavy (non-hydrogen) atoms. The van der Waals surface area contributed by atoms with Crippen LogP contribution in [0.2, 0.25) is 0 Å². The molecule has 7 unspecified atom stereocenters. The Morgan fingerprint density at radius 2 is 1.07 bits per heavy atom. The predicted octanol–water partition coefficient (Wildman–Crippen LogP) is 9.55. The zero-order valence-corrected chi connectivity index (χ0v) is 38.1. The van der Waals surface area contributed by atoms with Gasteiger partial charge >= 0.3 is 10.4 Å². The van der Waals surface area contributed by atoms with Crippen molar-refractivity contribution in [3.63, 3.8) is 0 Å². The van der Waals surface area contributed by atoms with Gasteiger partial charge in [-0.05, 0) is 19.3 Å². The van der Waals surface area contributed by atoms with E-state index in [1.165, 1.54) is 154 Å². The average Bonchev–Trinajstić information content (AvgIpc) is 3.20. The maximum Gasteiger partial charge on any atom is 0.397 e. The van der Waals surface area contributed by atoms with Crippen molar-refractivity contribution < 1.29 is 51.8 Å².